The lowest BCUT2D eigenvalue weighted by atomic mass is 10.2. The molecule has 0 amide bonds. The van der Waals surface area contributed by atoms with Gasteiger partial charge >= 0.3 is 11.9 Å². The third-order valence-electron chi connectivity index (χ3n) is 3.02. The molecule has 21 heavy (non-hydrogen) atoms. The first-order chi connectivity index (χ1) is 10.2. The van der Waals surface area contributed by atoms with E-state index in [0.717, 1.165) is 25.7 Å². The molecule has 6 nitrogen and oxygen atoms in total. The van der Waals surface area contributed by atoms with Crippen molar-refractivity contribution < 1.29 is 19.1 Å². The lowest BCUT2D eigenvalue weighted by Gasteiger charge is -2.16. The maximum absolute atomic E-state index is 12.1. The fourth-order valence-electron chi connectivity index (χ4n) is 1.72. The third kappa shape index (κ3) is 6.42. The van der Waals surface area contributed by atoms with Crippen LogP contribution in [-0.2, 0) is 19.1 Å². The molecule has 0 aliphatic heterocycles. The molecule has 0 aliphatic rings. The Morgan fingerprint density at radius 1 is 1.14 bits per heavy atom. The van der Waals surface area contributed by atoms with Gasteiger partial charge in [0, 0.05) is 12.4 Å². The van der Waals surface area contributed by atoms with Crippen LogP contribution < -0.4 is 0 Å². The highest BCUT2D eigenvalue weighted by atomic mass is 16.5. The van der Waals surface area contributed by atoms with E-state index in [2.05, 4.69) is 4.98 Å². The molecule has 0 spiro atoms. The Labute approximate surface area is 125 Å². The van der Waals surface area contributed by atoms with Gasteiger partial charge < -0.3 is 14.0 Å². The molecule has 0 aliphatic carbocycles. The molecule has 1 heterocycles. The van der Waals surface area contributed by atoms with Gasteiger partial charge in [0.15, 0.2) is 0 Å². The topological polar surface area (TPSA) is 70.4 Å². The average Bonchev–Trinajstić information content (AvgIpc) is 2.99. The maximum atomic E-state index is 12.1. The Bertz CT molecular complexity index is 417. The van der Waals surface area contributed by atoms with Crippen molar-refractivity contribution in [3.8, 4) is 0 Å². The number of rotatable bonds is 10. The van der Waals surface area contributed by atoms with Crippen molar-refractivity contribution in [2.75, 3.05) is 13.2 Å². The van der Waals surface area contributed by atoms with Crippen LogP contribution in [0.2, 0.25) is 0 Å². The van der Waals surface area contributed by atoms with E-state index in [4.69, 9.17) is 9.47 Å². The van der Waals surface area contributed by atoms with Crippen LogP contribution in [0.4, 0.5) is 0 Å². The minimum absolute atomic E-state index is 0.0367. The van der Waals surface area contributed by atoms with Crippen molar-refractivity contribution in [3.63, 3.8) is 0 Å². The fraction of sp³-hybridized carbons (Fsp3) is 0.667. The van der Waals surface area contributed by atoms with Gasteiger partial charge in [-0.15, -0.1) is 0 Å². The molecule has 0 fully saturated rings. The Hall–Kier alpha value is -1.85. The molecular weight excluding hydrogens is 272 g/mol. The van der Waals surface area contributed by atoms with Crippen molar-refractivity contribution >= 4 is 11.9 Å². The largest absolute Gasteiger partial charge is 0.466 e. The van der Waals surface area contributed by atoms with Crippen LogP contribution in [0.1, 0.15) is 52.0 Å². The molecule has 0 aromatic carbocycles. The zero-order chi connectivity index (χ0) is 15.5. The number of nitrogens with zero attached hydrogens (tertiary/aromatic N) is 2. The fourth-order valence-corrected chi connectivity index (χ4v) is 1.72. The molecule has 0 N–H and O–H groups in total. The number of carbonyl (C=O) groups is 2. The summed E-state index contributed by atoms with van der Waals surface area (Å²) in [6.45, 7) is 4.79. The van der Waals surface area contributed by atoms with Gasteiger partial charge in [0.25, 0.3) is 0 Å². The van der Waals surface area contributed by atoms with Gasteiger partial charge in [-0.3, -0.25) is 4.79 Å². The van der Waals surface area contributed by atoms with Crippen LogP contribution in [0.5, 0.6) is 0 Å². The molecule has 0 radical (unpaired) electrons. The van der Waals surface area contributed by atoms with Gasteiger partial charge in [0.2, 0.25) is 0 Å². The number of aromatic nitrogens is 2. The standard InChI is InChI=1S/C15H24N2O4/c1-3-5-9-20-14(18)11-13(17-8-7-16-12-17)15(19)21-10-6-4-2/h7-8,12-13H,3-6,9-11H2,1-2H3. The number of hydrogen-bond donors (Lipinski definition) is 0. The van der Waals surface area contributed by atoms with E-state index in [0.29, 0.717) is 13.2 Å². The summed E-state index contributed by atoms with van der Waals surface area (Å²) < 4.78 is 11.9. The Morgan fingerprint density at radius 3 is 2.38 bits per heavy atom. The summed E-state index contributed by atoms with van der Waals surface area (Å²) in [6, 6.07) is -0.710. The summed E-state index contributed by atoms with van der Waals surface area (Å²) in [5.74, 6) is -0.816. The van der Waals surface area contributed by atoms with Crippen LogP contribution in [-0.4, -0.2) is 34.7 Å². The first kappa shape index (κ1) is 17.2. The summed E-state index contributed by atoms with van der Waals surface area (Å²) in [6.07, 6.45) is 8.21. The van der Waals surface area contributed by atoms with Crippen LogP contribution in [0, 0.1) is 0 Å². The zero-order valence-electron chi connectivity index (χ0n) is 12.8. The molecule has 0 bridgehead atoms. The summed E-state index contributed by atoms with van der Waals surface area (Å²) >= 11 is 0. The second-order valence-electron chi connectivity index (χ2n) is 4.82. The highest BCUT2D eigenvalue weighted by Gasteiger charge is 2.25. The smallest absolute Gasteiger partial charge is 0.329 e. The Morgan fingerprint density at radius 2 is 1.81 bits per heavy atom. The second kappa shape index (κ2) is 9.96. The van der Waals surface area contributed by atoms with Gasteiger partial charge in [0.1, 0.15) is 6.04 Å². The predicted molar refractivity (Wildman–Crippen MR) is 77.6 cm³/mol. The van der Waals surface area contributed by atoms with E-state index in [1.165, 1.54) is 6.33 Å². The second-order valence-corrected chi connectivity index (χ2v) is 4.82. The van der Waals surface area contributed by atoms with Gasteiger partial charge in [-0.25, -0.2) is 9.78 Å². The van der Waals surface area contributed by atoms with Crippen molar-refractivity contribution in [2.45, 2.75) is 52.0 Å². The minimum Gasteiger partial charge on any atom is -0.466 e. The molecule has 1 unspecified atom stereocenters. The van der Waals surface area contributed by atoms with Crippen LogP contribution in [0.3, 0.4) is 0 Å². The average molecular weight is 296 g/mol. The number of imidazole rings is 1. The van der Waals surface area contributed by atoms with Crippen LogP contribution in [0.25, 0.3) is 0 Å². The molecule has 6 heteroatoms. The minimum atomic E-state index is -0.710. The van der Waals surface area contributed by atoms with Gasteiger partial charge in [0.05, 0.1) is 26.0 Å². The van der Waals surface area contributed by atoms with Crippen molar-refractivity contribution in [3.05, 3.63) is 18.7 Å². The van der Waals surface area contributed by atoms with Crippen molar-refractivity contribution in [1.82, 2.24) is 9.55 Å². The molecule has 1 rings (SSSR count). The molecule has 1 aromatic heterocycles. The quantitative estimate of drug-likeness (QED) is 0.490. The van der Waals surface area contributed by atoms with E-state index in [1.807, 2.05) is 13.8 Å². The van der Waals surface area contributed by atoms with Gasteiger partial charge in [-0.2, -0.15) is 0 Å². The Kier molecular flexibility index (Phi) is 8.16. The number of hydrogen-bond acceptors (Lipinski definition) is 5. The summed E-state index contributed by atoms with van der Waals surface area (Å²) in [7, 11) is 0. The van der Waals surface area contributed by atoms with E-state index < -0.39 is 18.0 Å². The molecule has 0 saturated carbocycles. The van der Waals surface area contributed by atoms with Gasteiger partial charge in [-0.1, -0.05) is 26.7 Å². The van der Waals surface area contributed by atoms with E-state index in [1.54, 1.807) is 17.0 Å². The molecule has 118 valence electrons. The zero-order valence-corrected chi connectivity index (χ0v) is 12.8. The predicted octanol–water partition coefficient (Wildman–Crippen LogP) is 2.50. The highest BCUT2D eigenvalue weighted by Crippen LogP contribution is 2.15. The normalized spacial score (nSPS) is 11.9. The SMILES string of the molecule is CCCCOC(=O)CC(C(=O)OCCCC)n1ccnc1. The monoisotopic (exact) mass is 296 g/mol. The Balaban J connectivity index is 2.57. The summed E-state index contributed by atoms with van der Waals surface area (Å²) in [5.41, 5.74) is 0. The van der Waals surface area contributed by atoms with E-state index in [-0.39, 0.29) is 6.42 Å². The van der Waals surface area contributed by atoms with E-state index >= 15 is 0 Å². The van der Waals surface area contributed by atoms with Crippen LogP contribution >= 0.6 is 0 Å². The first-order valence-electron chi connectivity index (χ1n) is 7.48. The summed E-state index contributed by atoms with van der Waals surface area (Å²) in [5, 5.41) is 0. The van der Waals surface area contributed by atoms with Crippen molar-refractivity contribution in [1.29, 1.82) is 0 Å². The van der Waals surface area contributed by atoms with Gasteiger partial charge in [-0.05, 0) is 12.8 Å². The molecule has 1 atom stereocenters. The number of esters is 2. The lowest BCUT2D eigenvalue weighted by molar-refractivity contribution is -0.154. The number of unbranched alkanes of at least 4 members (excludes halogenated alkanes) is 2. The highest BCUT2D eigenvalue weighted by molar-refractivity contribution is 5.81. The van der Waals surface area contributed by atoms with Crippen molar-refractivity contribution in [2.24, 2.45) is 0 Å². The lowest BCUT2D eigenvalue weighted by Crippen LogP contribution is -2.25. The maximum Gasteiger partial charge on any atom is 0.329 e. The summed E-state index contributed by atoms with van der Waals surface area (Å²) in [4.78, 5) is 27.8. The third-order valence-corrected chi connectivity index (χ3v) is 3.02. The van der Waals surface area contributed by atoms with E-state index in [9.17, 15) is 9.59 Å². The van der Waals surface area contributed by atoms with Crippen LogP contribution in [0.15, 0.2) is 18.7 Å². The molecular formula is C15H24N2O4. The molecule has 1 aromatic rings. The molecule has 0 saturated heterocycles. The number of carbonyl (C=O) groups excluding carboxylic acids is 2. The number of ether oxygens (including phenoxy) is 2. The first-order valence-corrected chi connectivity index (χ1v) is 7.48.